The fraction of sp³-hybridized carbons (Fsp3) is 0.688. The van der Waals surface area contributed by atoms with Crippen molar-refractivity contribution in [2.75, 3.05) is 18.0 Å². The van der Waals surface area contributed by atoms with Crippen LogP contribution in [0.5, 0.6) is 0 Å². The van der Waals surface area contributed by atoms with Crippen molar-refractivity contribution in [2.24, 2.45) is 5.92 Å². The summed E-state index contributed by atoms with van der Waals surface area (Å²) < 4.78 is 14.6. The lowest BCUT2D eigenvalue weighted by molar-refractivity contribution is 0.399. The van der Waals surface area contributed by atoms with Gasteiger partial charge in [-0.1, -0.05) is 27.2 Å². The van der Waals surface area contributed by atoms with E-state index in [2.05, 4.69) is 36.0 Å². The molecule has 3 nitrogen and oxygen atoms in total. The van der Waals surface area contributed by atoms with Gasteiger partial charge in [-0.15, -0.1) is 0 Å². The monoisotopic (exact) mass is 279 g/mol. The molecule has 0 aliphatic carbocycles. The van der Waals surface area contributed by atoms with Crippen molar-refractivity contribution in [3.8, 4) is 0 Å². The van der Waals surface area contributed by atoms with Gasteiger partial charge in [0.1, 0.15) is 0 Å². The number of nitrogens with one attached hydrogen (secondary N) is 1. The second-order valence-corrected chi connectivity index (χ2v) is 6.01. The SMILES string of the molecule is CCC1CCCN(c2nccc(CNC(C)C)c2F)C1. The second-order valence-electron chi connectivity index (χ2n) is 6.01. The van der Waals surface area contributed by atoms with Gasteiger partial charge in [0.05, 0.1) is 0 Å². The van der Waals surface area contributed by atoms with Gasteiger partial charge >= 0.3 is 0 Å². The van der Waals surface area contributed by atoms with Gasteiger partial charge in [0.15, 0.2) is 11.6 Å². The number of pyridine rings is 1. The quantitative estimate of drug-likeness (QED) is 0.896. The van der Waals surface area contributed by atoms with Crippen LogP contribution in [0.3, 0.4) is 0 Å². The summed E-state index contributed by atoms with van der Waals surface area (Å²) in [6.07, 6.45) is 5.27. The summed E-state index contributed by atoms with van der Waals surface area (Å²) >= 11 is 0. The third-order valence-electron chi connectivity index (χ3n) is 4.05. The van der Waals surface area contributed by atoms with Crippen LogP contribution in [0, 0.1) is 11.7 Å². The maximum Gasteiger partial charge on any atom is 0.170 e. The Hall–Kier alpha value is -1.16. The molecule has 1 aromatic heterocycles. The van der Waals surface area contributed by atoms with Crippen molar-refractivity contribution in [1.29, 1.82) is 0 Å². The number of halogens is 1. The van der Waals surface area contributed by atoms with Gasteiger partial charge in [0, 0.05) is 37.4 Å². The standard InChI is InChI=1S/C16H26FN3/c1-4-13-6-5-9-20(11-13)16-15(17)14(7-8-18-16)10-19-12(2)3/h7-8,12-13,19H,4-6,9-11H2,1-3H3. The molecule has 0 aromatic carbocycles. The van der Waals surface area contributed by atoms with E-state index in [1.807, 2.05) is 0 Å². The number of aromatic nitrogens is 1. The molecule has 4 heteroatoms. The first-order valence-electron chi connectivity index (χ1n) is 7.73. The molecule has 2 rings (SSSR count). The van der Waals surface area contributed by atoms with Gasteiger partial charge in [0.25, 0.3) is 0 Å². The third-order valence-corrected chi connectivity index (χ3v) is 4.05. The molecule has 1 fully saturated rings. The predicted octanol–water partition coefficient (Wildman–Crippen LogP) is 3.35. The first kappa shape index (κ1) is 15.2. The lowest BCUT2D eigenvalue weighted by Crippen LogP contribution is -2.36. The zero-order valence-electron chi connectivity index (χ0n) is 12.8. The molecule has 0 bridgehead atoms. The molecular formula is C16H26FN3. The maximum absolute atomic E-state index is 14.6. The Morgan fingerprint density at radius 3 is 3.00 bits per heavy atom. The summed E-state index contributed by atoms with van der Waals surface area (Å²) in [5.41, 5.74) is 0.710. The minimum absolute atomic E-state index is 0.155. The molecule has 20 heavy (non-hydrogen) atoms. The van der Waals surface area contributed by atoms with Gasteiger partial charge in [0.2, 0.25) is 0 Å². The minimum atomic E-state index is -0.155. The number of anilines is 1. The molecule has 1 aliphatic heterocycles. The fourth-order valence-corrected chi connectivity index (χ4v) is 2.73. The number of nitrogens with zero attached hydrogens (tertiary/aromatic N) is 2. The van der Waals surface area contributed by atoms with E-state index < -0.39 is 0 Å². The molecular weight excluding hydrogens is 253 g/mol. The third kappa shape index (κ3) is 3.69. The van der Waals surface area contributed by atoms with Crippen LogP contribution < -0.4 is 10.2 Å². The normalized spacial score (nSPS) is 19.6. The molecule has 0 saturated carbocycles. The largest absolute Gasteiger partial charge is 0.354 e. The van der Waals surface area contributed by atoms with Crippen molar-refractivity contribution < 1.29 is 4.39 Å². The van der Waals surface area contributed by atoms with Crippen LogP contribution in [0.2, 0.25) is 0 Å². The van der Waals surface area contributed by atoms with Gasteiger partial charge in [-0.05, 0) is 24.8 Å². The molecule has 0 amide bonds. The van der Waals surface area contributed by atoms with Crippen molar-refractivity contribution >= 4 is 5.82 Å². The summed E-state index contributed by atoms with van der Waals surface area (Å²) in [6.45, 7) is 8.75. The lowest BCUT2D eigenvalue weighted by atomic mass is 9.95. The van der Waals surface area contributed by atoms with Crippen LogP contribution in [0.15, 0.2) is 12.3 Å². The molecule has 1 unspecified atom stereocenters. The zero-order chi connectivity index (χ0) is 14.5. The molecule has 0 spiro atoms. The van der Waals surface area contributed by atoms with E-state index in [0.29, 0.717) is 29.9 Å². The highest BCUT2D eigenvalue weighted by Gasteiger charge is 2.23. The Kier molecular flexibility index (Phi) is 5.35. The summed E-state index contributed by atoms with van der Waals surface area (Å²) in [5, 5.41) is 3.27. The van der Waals surface area contributed by atoms with Crippen LogP contribution in [-0.4, -0.2) is 24.1 Å². The molecule has 1 saturated heterocycles. The lowest BCUT2D eigenvalue weighted by Gasteiger charge is -2.33. The summed E-state index contributed by atoms with van der Waals surface area (Å²) in [5.74, 6) is 1.05. The van der Waals surface area contributed by atoms with E-state index in [4.69, 9.17) is 0 Å². The Bertz CT molecular complexity index is 434. The number of hydrogen-bond donors (Lipinski definition) is 1. The Balaban J connectivity index is 2.13. The highest BCUT2D eigenvalue weighted by atomic mass is 19.1. The predicted molar refractivity (Wildman–Crippen MR) is 81.4 cm³/mol. The first-order valence-corrected chi connectivity index (χ1v) is 7.73. The Morgan fingerprint density at radius 2 is 2.30 bits per heavy atom. The van der Waals surface area contributed by atoms with Gasteiger partial charge in [-0.2, -0.15) is 0 Å². The highest BCUT2D eigenvalue weighted by Crippen LogP contribution is 2.26. The van der Waals surface area contributed by atoms with Gasteiger partial charge in [-0.25, -0.2) is 9.37 Å². The zero-order valence-corrected chi connectivity index (χ0v) is 12.8. The minimum Gasteiger partial charge on any atom is -0.354 e. The molecule has 1 N–H and O–H groups in total. The average molecular weight is 279 g/mol. The van der Waals surface area contributed by atoms with Crippen molar-refractivity contribution in [2.45, 2.75) is 52.6 Å². The van der Waals surface area contributed by atoms with Crippen molar-refractivity contribution in [3.05, 3.63) is 23.6 Å². The van der Waals surface area contributed by atoms with Crippen LogP contribution in [0.4, 0.5) is 10.2 Å². The average Bonchev–Trinajstić information content (AvgIpc) is 2.46. The first-order chi connectivity index (χ1) is 9.61. The molecule has 0 radical (unpaired) electrons. The number of hydrogen-bond acceptors (Lipinski definition) is 3. The van der Waals surface area contributed by atoms with Crippen LogP contribution in [0.1, 0.15) is 45.6 Å². The molecule has 112 valence electrons. The van der Waals surface area contributed by atoms with E-state index in [1.165, 1.54) is 6.42 Å². The molecule has 1 aromatic rings. The van der Waals surface area contributed by atoms with Crippen molar-refractivity contribution in [1.82, 2.24) is 10.3 Å². The van der Waals surface area contributed by atoms with Gasteiger partial charge in [-0.3, -0.25) is 0 Å². The Morgan fingerprint density at radius 1 is 1.50 bits per heavy atom. The van der Waals surface area contributed by atoms with E-state index >= 15 is 0 Å². The fourth-order valence-electron chi connectivity index (χ4n) is 2.73. The Labute approximate surface area is 121 Å². The second kappa shape index (κ2) is 7.02. The smallest absolute Gasteiger partial charge is 0.170 e. The van der Waals surface area contributed by atoms with E-state index in [0.717, 1.165) is 25.9 Å². The maximum atomic E-state index is 14.6. The van der Waals surface area contributed by atoms with Crippen LogP contribution >= 0.6 is 0 Å². The van der Waals surface area contributed by atoms with Crippen LogP contribution in [0.25, 0.3) is 0 Å². The highest BCUT2D eigenvalue weighted by molar-refractivity contribution is 5.43. The van der Waals surface area contributed by atoms with E-state index in [9.17, 15) is 4.39 Å². The molecule has 1 atom stereocenters. The van der Waals surface area contributed by atoms with Gasteiger partial charge < -0.3 is 10.2 Å². The van der Waals surface area contributed by atoms with Crippen LogP contribution in [-0.2, 0) is 6.54 Å². The van der Waals surface area contributed by atoms with E-state index in [-0.39, 0.29) is 5.82 Å². The number of rotatable bonds is 5. The summed E-state index contributed by atoms with van der Waals surface area (Å²) in [6, 6.07) is 2.13. The van der Waals surface area contributed by atoms with E-state index in [1.54, 1.807) is 12.3 Å². The topological polar surface area (TPSA) is 28.2 Å². The molecule has 2 heterocycles. The molecule has 1 aliphatic rings. The summed E-state index contributed by atoms with van der Waals surface area (Å²) in [4.78, 5) is 6.40. The summed E-state index contributed by atoms with van der Waals surface area (Å²) in [7, 11) is 0. The number of piperidine rings is 1. The van der Waals surface area contributed by atoms with Crippen molar-refractivity contribution in [3.63, 3.8) is 0 Å².